The fourth-order valence-corrected chi connectivity index (χ4v) is 2.86. The molecule has 1 fully saturated rings. The van der Waals surface area contributed by atoms with Crippen LogP contribution in [0.2, 0.25) is 0 Å². The summed E-state index contributed by atoms with van der Waals surface area (Å²) in [6, 6.07) is 14.0. The van der Waals surface area contributed by atoms with E-state index in [0.29, 0.717) is 13.0 Å². The van der Waals surface area contributed by atoms with Gasteiger partial charge in [-0.1, -0.05) is 37.3 Å². The van der Waals surface area contributed by atoms with Gasteiger partial charge in [-0.05, 0) is 42.2 Å². The zero-order chi connectivity index (χ0) is 16.1. The quantitative estimate of drug-likeness (QED) is 0.890. The Morgan fingerprint density at radius 1 is 1.30 bits per heavy atom. The maximum absolute atomic E-state index is 12.3. The third-order valence-electron chi connectivity index (χ3n) is 4.19. The van der Waals surface area contributed by atoms with E-state index in [2.05, 4.69) is 11.4 Å². The molecule has 1 amide bonds. The first-order valence-corrected chi connectivity index (χ1v) is 8.31. The predicted octanol–water partition coefficient (Wildman–Crippen LogP) is 3.29. The standard InChI is InChI=1S/C19H23NO3/c1-2-18(19(21)20-13-17-8-5-11-22-17)23-16-10-9-14-6-3-4-7-15(14)12-16/h3-4,6-7,9-10,12,17-18H,2,5,8,11,13H2,1H3,(H,20,21)/t17-,18-/m1/s1. The Balaban J connectivity index is 1.61. The highest BCUT2D eigenvalue weighted by molar-refractivity contribution is 5.84. The van der Waals surface area contributed by atoms with Crippen LogP contribution in [0.5, 0.6) is 5.75 Å². The van der Waals surface area contributed by atoms with Crippen molar-refractivity contribution in [1.82, 2.24) is 5.32 Å². The van der Waals surface area contributed by atoms with E-state index in [4.69, 9.17) is 9.47 Å². The van der Waals surface area contributed by atoms with Crippen LogP contribution in [0.15, 0.2) is 42.5 Å². The summed E-state index contributed by atoms with van der Waals surface area (Å²) in [5, 5.41) is 5.22. The van der Waals surface area contributed by atoms with Crippen LogP contribution in [0, 0.1) is 0 Å². The van der Waals surface area contributed by atoms with Crippen LogP contribution in [0.25, 0.3) is 10.8 Å². The molecule has 0 spiro atoms. The number of hydrogen-bond acceptors (Lipinski definition) is 3. The van der Waals surface area contributed by atoms with Crippen molar-refractivity contribution >= 4 is 16.7 Å². The van der Waals surface area contributed by atoms with Crippen LogP contribution in [0.3, 0.4) is 0 Å². The van der Waals surface area contributed by atoms with Gasteiger partial charge in [0.05, 0.1) is 6.10 Å². The summed E-state index contributed by atoms with van der Waals surface area (Å²) in [7, 11) is 0. The number of nitrogens with one attached hydrogen (secondary N) is 1. The minimum Gasteiger partial charge on any atom is -0.481 e. The van der Waals surface area contributed by atoms with Crippen molar-refractivity contribution in [1.29, 1.82) is 0 Å². The number of ether oxygens (including phenoxy) is 2. The molecule has 2 aromatic rings. The van der Waals surface area contributed by atoms with E-state index in [9.17, 15) is 4.79 Å². The monoisotopic (exact) mass is 313 g/mol. The molecule has 1 aliphatic rings. The molecule has 0 saturated carbocycles. The molecule has 1 heterocycles. The largest absolute Gasteiger partial charge is 0.481 e. The minimum atomic E-state index is -0.474. The predicted molar refractivity (Wildman–Crippen MR) is 90.6 cm³/mol. The van der Waals surface area contributed by atoms with Crippen molar-refractivity contribution in [2.75, 3.05) is 13.2 Å². The maximum Gasteiger partial charge on any atom is 0.261 e. The van der Waals surface area contributed by atoms with E-state index in [1.807, 2.05) is 43.3 Å². The van der Waals surface area contributed by atoms with Gasteiger partial charge in [0.2, 0.25) is 0 Å². The van der Waals surface area contributed by atoms with Gasteiger partial charge in [-0.3, -0.25) is 4.79 Å². The van der Waals surface area contributed by atoms with Crippen LogP contribution in [-0.4, -0.2) is 31.3 Å². The van der Waals surface area contributed by atoms with E-state index in [1.165, 1.54) is 0 Å². The average Bonchev–Trinajstić information content (AvgIpc) is 3.11. The summed E-state index contributed by atoms with van der Waals surface area (Å²) in [6.45, 7) is 3.32. The molecule has 1 saturated heterocycles. The molecule has 2 atom stereocenters. The van der Waals surface area contributed by atoms with Crippen molar-refractivity contribution in [3.05, 3.63) is 42.5 Å². The molecule has 0 aliphatic carbocycles. The lowest BCUT2D eigenvalue weighted by Gasteiger charge is -2.19. The number of carbonyl (C=O) groups is 1. The first kappa shape index (κ1) is 15.8. The molecule has 1 N–H and O–H groups in total. The van der Waals surface area contributed by atoms with Crippen LogP contribution < -0.4 is 10.1 Å². The highest BCUT2D eigenvalue weighted by Gasteiger charge is 2.21. The highest BCUT2D eigenvalue weighted by atomic mass is 16.5. The number of rotatable bonds is 6. The summed E-state index contributed by atoms with van der Waals surface area (Å²) < 4.78 is 11.4. The highest BCUT2D eigenvalue weighted by Crippen LogP contribution is 2.22. The van der Waals surface area contributed by atoms with E-state index in [0.717, 1.165) is 36.0 Å². The molecule has 0 radical (unpaired) electrons. The average molecular weight is 313 g/mol. The Hall–Kier alpha value is -2.07. The Bertz CT molecular complexity index is 664. The Morgan fingerprint density at radius 2 is 2.13 bits per heavy atom. The van der Waals surface area contributed by atoms with Gasteiger partial charge in [0.1, 0.15) is 5.75 Å². The summed E-state index contributed by atoms with van der Waals surface area (Å²) in [4.78, 5) is 12.3. The van der Waals surface area contributed by atoms with Gasteiger partial charge in [-0.25, -0.2) is 0 Å². The number of carbonyl (C=O) groups excluding carboxylic acids is 1. The number of amides is 1. The normalized spacial score (nSPS) is 18.7. The van der Waals surface area contributed by atoms with Gasteiger partial charge in [-0.2, -0.15) is 0 Å². The van der Waals surface area contributed by atoms with E-state index in [1.54, 1.807) is 0 Å². The van der Waals surface area contributed by atoms with Crippen LogP contribution >= 0.6 is 0 Å². The molecule has 3 rings (SSSR count). The zero-order valence-corrected chi connectivity index (χ0v) is 13.5. The Kier molecular flexibility index (Phi) is 5.13. The van der Waals surface area contributed by atoms with Gasteiger partial charge >= 0.3 is 0 Å². The van der Waals surface area contributed by atoms with E-state index >= 15 is 0 Å². The Labute approximate surface area is 136 Å². The third kappa shape index (κ3) is 4.02. The summed E-state index contributed by atoms with van der Waals surface area (Å²) in [5.41, 5.74) is 0. The molecule has 1 aliphatic heterocycles. The van der Waals surface area contributed by atoms with Crippen molar-refractivity contribution < 1.29 is 14.3 Å². The lowest BCUT2D eigenvalue weighted by Crippen LogP contribution is -2.41. The number of fused-ring (bicyclic) bond motifs is 1. The van der Waals surface area contributed by atoms with Gasteiger partial charge in [-0.15, -0.1) is 0 Å². The maximum atomic E-state index is 12.3. The van der Waals surface area contributed by atoms with E-state index in [-0.39, 0.29) is 12.0 Å². The van der Waals surface area contributed by atoms with Crippen LogP contribution in [0.1, 0.15) is 26.2 Å². The topological polar surface area (TPSA) is 47.6 Å². The fourth-order valence-electron chi connectivity index (χ4n) is 2.86. The second-order valence-electron chi connectivity index (χ2n) is 5.90. The minimum absolute atomic E-state index is 0.0730. The van der Waals surface area contributed by atoms with Crippen LogP contribution in [0.4, 0.5) is 0 Å². The first-order valence-electron chi connectivity index (χ1n) is 8.31. The first-order chi connectivity index (χ1) is 11.3. The van der Waals surface area contributed by atoms with Gasteiger partial charge in [0.15, 0.2) is 6.10 Å². The molecule has 4 heteroatoms. The summed E-state index contributed by atoms with van der Waals surface area (Å²) in [5.74, 6) is 0.652. The molecule has 23 heavy (non-hydrogen) atoms. The van der Waals surface area contributed by atoms with Crippen molar-refractivity contribution in [2.24, 2.45) is 0 Å². The molecule has 0 bridgehead atoms. The second-order valence-corrected chi connectivity index (χ2v) is 5.90. The smallest absolute Gasteiger partial charge is 0.261 e. The fraction of sp³-hybridized carbons (Fsp3) is 0.421. The summed E-state index contributed by atoms with van der Waals surface area (Å²) in [6.07, 6.45) is 2.40. The van der Waals surface area contributed by atoms with Gasteiger partial charge in [0, 0.05) is 13.2 Å². The SMILES string of the molecule is CC[C@@H](Oc1ccc2ccccc2c1)C(=O)NC[C@H]1CCCO1. The van der Waals surface area contributed by atoms with Crippen molar-refractivity contribution in [3.63, 3.8) is 0 Å². The molecular formula is C19H23NO3. The van der Waals surface area contributed by atoms with Gasteiger partial charge in [0.25, 0.3) is 5.91 Å². The lowest BCUT2D eigenvalue weighted by atomic mass is 10.1. The van der Waals surface area contributed by atoms with Crippen molar-refractivity contribution in [3.8, 4) is 5.75 Å². The molecule has 0 unspecified atom stereocenters. The molecule has 122 valence electrons. The third-order valence-corrected chi connectivity index (χ3v) is 4.19. The molecular weight excluding hydrogens is 290 g/mol. The van der Waals surface area contributed by atoms with E-state index < -0.39 is 6.10 Å². The van der Waals surface area contributed by atoms with Gasteiger partial charge < -0.3 is 14.8 Å². The summed E-state index contributed by atoms with van der Waals surface area (Å²) >= 11 is 0. The molecule has 2 aromatic carbocycles. The molecule has 4 nitrogen and oxygen atoms in total. The zero-order valence-electron chi connectivity index (χ0n) is 13.5. The number of hydrogen-bond donors (Lipinski definition) is 1. The Morgan fingerprint density at radius 3 is 2.87 bits per heavy atom. The number of benzene rings is 2. The lowest BCUT2D eigenvalue weighted by molar-refractivity contribution is -0.128. The second kappa shape index (κ2) is 7.47. The van der Waals surface area contributed by atoms with Crippen LogP contribution in [-0.2, 0) is 9.53 Å². The molecule has 0 aromatic heterocycles. The van der Waals surface area contributed by atoms with Crippen molar-refractivity contribution in [2.45, 2.75) is 38.4 Å².